The Bertz CT molecular complexity index is 1130. The van der Waals surface area contributed by atoms with Gasteiger partial charge in [-0.25, -0.2) is 8.42 Å². The topological polar surface area (TPSA) is 102 Å². The van der Waals surface area contributed by atoms with Crippen LogP contribution in [-0.2, 0) is 15.4 Å². The molecule has 0 aliphatic heterocycles. The number of sulfonamides is 1. The quantitative estimate of drug-likeness (QED) is 0.425. The Morgan fingerprint density at radius 3 is 2.23 bits per heavy atom. The number of nitrogens with zero attached hydrogens (tertiary/aromatic N) is 2. The van der Waals surface area contributed by atoms with Gasteiger partial charge in [-0.2, -0.15) is 0 Å². The molecule has 0 saturated heterocycles. The molecule has 2 aromatic carbocycles. The number of ketones is 1. The van der Waals surface area contributed by atoms with Crippen LogP contribution in [0.2, 0.25) is 0 Å². The summed E-state index contributed by atoms with van der Waals surface area (Å²) in [4.78, 5) is 12.4. The number of hydrogen-bond donors (Lipinski definition) is 1. The van der Waals surface area contributed by atoms with Crippen molar-refractivity contribution in [1.29, 1.82) is 0 Å². The number of carbonyl (C=O) groups excluding carboxylic acids is 1. The Kier molecular flexibility index (Phi) is 6.33. The number of nitrogens with one attached hydrogen (secondary N) is 1. The fraction of sp³-hybridized carbons (Fsp3) is 0.286. The Morgan fingerprint density at radius 2 is 1.67 bits per heavy atom. The van der Waals surface area contributed by atoms with E-state index in [-0.39, 0.29) is 17.0 Å². The van der Waals surface area contributed by atoms with Crippen molar-refractivity contribution in [2.45, 2.75) is 31.4 Å². The molecule has 0 saturated carbocycles. The molecule has 0 spiro atoms. The van der Waals surface area contributed by atoms with Gasteiger partial charge in [-0.15, -0.1) is 10.2 Å². The highest BCUT2D eigenvalue weighted by Gasteiger charge is 2.16. The minimum Gasteiger partial charge on any atom is -0.411 e. The number of anilines is 1. The van der Waals surface area contributed by atoms with Gasteiger partial charge in [-0.1, -0.05) is 44.7 Å². The Balaban J connectivity index is 1.60. The van der Waals surface area contributed by atoms with E-state index in [0.29, 0.717) is 22.4 Å². The molecule has 0 aliphatic rings. The lowest BCUT2D eigenvalue weighted by atomic mass is 9.87. The maximum absolute atomic E-state index is 12.4. The SMILES string of the molecule is CC(C)(C)c1ccc(-c2nnc(SCC(=O)c3ccc(NS(C)(=O)=O)cc3)o2)cc1. The van der Waals surface area contributed by atoms with Gasteiger partial charge in [0.25, 0.3) is 5.22 Å². The van der Waals surface area contributed by atoms with Crippen LogP contribution in [0.25, 0.3) is 11.5 Å². The largest absolute Gasteiger partial charge is 0.411 e. The lowest BCUT2D eigenvalue weighted by Gasteiger charge is -2.18. The highest BCUT2D eigenvalue weighted by molar-refractivity contribution is 7.99. The molecule has 7 nitrogen and oxygen atoms in total. The highest BCUT2D eigenvalue weighted by atomic mass is 32.2. The number of hydrogen-bond acceptors (Lipinski definition) is 7. The summed E-state index contributed by atoms with van der Waals surface area (Å²) in [5.74, 6) is 0.408. The average Bonchev–Trinajstić information content (AvgIpc) is 3.14. The molecule has 1 N–H and O–H groups in total. The van der Waals surface area contributed by atoms with Crippen LogP contribution in [0.3, 0.4) is 0 Å². The first-order valence-corrected chi connectivity index (χ1v) is 12.1. The van der Waals surface area contributed by atoms with E-state index in [0.717, 1.165) is 23.6 Å². The highest BCUT2D eigenvalue weighted by Crippen LogP contribution is 2.27. The molecule has 0 radical (unpaired) electrons. The number of thioether (sulfide) groups is 1. The van der Waals surface area contributed by atoms with Gasteiger partial charge >= 0.3 is 0 Å². The van der Waals surface area contributed by atoms with E-state index in [1.807, 2.05) is 24.3 Å². The summed E-state index contributed by atoms with van der Waals surface area (Å²) >= 11 is 1.16. The molecule has 0 bridgehead atoms. The van der Waals surface area contributed by atoms with Crippen LogP contribution < -0.4 is 4.72 Å². The van der Waals surface area contributed by atoms with Crippen LogP contribution in [0, 0.1) is 0 Å². The predicted molar refractivity (Wildman–Crippen MR) is 118 cm³/mol. The first-order valence-electron chi connectivity index (χ1n) is 9.19. The molecule has 30 heavy (non-hydrogen) atoms. The fourth-order valence-electron chi connectivity index (χ4n) is 2.65. The van der Waals surface area contributed by atoms with E-state index in [1.54, 1.807) is 24.3 Å². The summed E-state index contributed by atoms with van der Waals surface area (Å²) < 4.78 is 30.5. The van der Waals surface area contributed by atoms with Gasteiger partial charge < -0.3 is 4.42 Å². The van der Waals surface area contributed by atoms with Crippen LogP contribution in [0.4, 0.5) is 5.69 Å². The first-order chi connectivity index (χ1) is 14.0. The van der Waals surface area contributed by atoms with Gasteiger partial charge in [-0.3, -0.25) is 9.52 Å². The summed E-state index contributed by atoms with van der Waals surface area (Å²) in [6.45, 7) is 6.45. The minimum atomic E-state index is -3.35. The number of rotatable bonds is 7. The Labute approximate surface area is 180 Å². The fourth-order valence-corrected chi connectivity index (χ4v) is 3.87. The van der Waals surface area contributed by atoms with Crippen molar-refractivity contribution in [1.82, 2.24) is 10.2 Å². The minimum absolute atomic E-state index is 0.0633. The molecule has 3 aromatic rings. The van der Waals surface area contributed by atoms with Crippen molar-refractivity contribution in [2.24, 2.45) is 0 Å². The van der Waals surface area contributed by atoms with E-state index in [2.05, 4.69) is 35.7 Å². The van der Waals surface area contributed by atoms with E-state index in [1.165, 1.54) is 5.56 Å². The van der Waals surface area contributed by atoms with Gasteiger partial charge in [0.15, 0.2) is 5.78 Å². The van der Waals surface area contributed by atoms with Crippen molar-refractivity contribution < 1.29 is 17.6 Å². The zero-order valence-electron chi connectivity index (χ0n) is 17.2. The van der Waals surface area contributed by atoms with Gasteiger partial charge in [0, 0.05) is 16.8 Å². The van der Waals surface area contributed by atoms with E-state index in [9.17, 15) is 13.2 Å². The van der Waals surface area contributed by atoms with Crippen LogP contribution in [0.15, 0.2) is 58.2 Å². The third kappa shape index (κ3) is 5.93. The van der Waals surface area contributed by atoms with Gasteiger partial charge in [0.1, 0.15) is 0 Å². The summed E-state index contributed by atoms with van der Waals surface area (Å²) in [6.07, 6.45) is 1.07. The molecular formula is C21H23N3O4S2. The number of carbonyl (C=O) groups is 1. The molecule has 0 atom stereocenters. The summed E-state index contributed by atoms with van der Waals surface area (Å²) in [5, 5.41) is 8.38. The second-order valence-electron chi connectivity index (χ2n) is 7.86. The summed E-state index contributed by atoms with van der Waals surface area (Å²) in [5.41, 5.74) is 2.97. The van der Waals surface area contributed by atoms with Crippen molar-refractivity contribution in [3.05, 3.63) is 59.7 Å². The van der Waals surface area contributed by atoms with Crippen LogP contribution in [-0.4, -0.2) is 36.4 Å². The normalized spacial score (nSPS) is 12.0. The summed E-state index contributed by atoms with van der Waals surface area (Å²) in [7, 11) is -3.35. The van der Waals surface area contributed by atoms with E-state index in [4.69, 9.17) is 4.42 Å². The molecule has 158 valence electrons. The lowest BCUT2D eigenvalue weighted by molar-refractivity contribution is 0.102. The lowest BCUT2D eigenvalue weighted by Crippen LogP contribution is -2.10. The van der Waals surface area contributed by atoms with Crippen molar-refractivity contribution in [2.75, 3.05) is 16.7 Å². The second-order valence-corrected chi connectivity index (χ2v) is 10.5. The number of Topliss-reactive ketones (excluding diaryl/α,β-unsaturated/α-hetero) is 1. The molecule has 1 aromatic heterocycles. The van der Waals surface area contributed by atoms with Crippen LogP contribution in [0.5, 0.6) is 0 Å². The molecule has 9 heteroatoms. The smallest absolute Gasteiger partial charge is 0.277 e. The second kappa shape index (κ2) is 8.61. The standard InChI is InChI=1S/C21H23N3O4S2/c1-21(2,3)16-9-5-15(6-10-16)19-22-23-20(28-19)29-13-18(25)14-7-11-17(12-8-14)24-30(4,26)27/h5-12,24H,13H2,1-4H3. The van der Waals surface area contributed by atoms with E-state index >= 15 is 0 Å². The van der Waals surface area contributed by atoms with Crippen molar-refractivity contribution in [3.63, 3.8) is 0 Å². The van der Waals surface area contributed by atoms with Crippen molar-refractivity contribution in [3.8, 4) is 11.5 Å². The molecule has 3 rings (SSSR count). The number of aromatic nitrogens is 2. The van der Waals surface area contributed by atoms with E-state index < -0.39 is 10.0 Å². The maximum Gasteiger partial charge on any atom is 0.277 e. The van der Waals surface area contributed by atoms with Crippen LogP contribution in [0.1, 0.15) is 36.7 Å². The van der Waals surface area contributed by atoms with Crippen molar-refractivity contribution >= 4 is 33.3 Å². The maximum atomic E-state index is 12.4. The van der Waals surface area contributed by atoms with Crippen LogP contribution >= 0.6 is 11.8 Å². The third-order valence-corrected chi connectivity index (χ3v) is 5.67. The van der Waals surface area contributed by atoms with Gasteiger partial charge in [0.05, 0.1) is 12.0 Å². The number of benzene rings is 2. The summed E-state index contributed by atoms with van der Waals surface area (Å²) in [6, 6.07) is 14.2. The average molecular weight is 446 g/mol. The molecule has 1 heterocycles. The monoisotopic (exact) mass is 445 g/mol. The molecule has 0 amide bonds. The first kappa shape index (κ1) is 22.0. The zero-order chi connectivity index (χ0) is 21.9. The zero-order valence-corrected chi connectivity index (χ0v) is 18.8. The molecule has 0 aliphatic carbocycles. The predicted octanol–water partition coefficient (Wildman–Crippen LogP) is 4.38. The Hall–Kier alpha value is -2.65. The van der Waals surface area contributed by atoms with Gasteiger partial charge in [0.2, 0.25) is 15.9 Å². The Morgan fingerprint density at radius 1 is 1.03 bits per heavy atom. The molecular weight excluding hydrogens is 422 g/mol. The van der Waals surface area contributed by atoms with Gasteiger partial charge in [-0.05, 0) is 47.4 Å². The molecule has 0 unspecified atom stereocenters. The molecule has 0 fully saturated rings. The third-order valence-electron chi connectivity index (χ3n) is 4.24.